The van der Waals surface area contributed by atoms with Gasteiger partial charge in [-0.15, -0.1) is 11.3 Å². The van der Waals surface area contributed by atoms with E-state index in [4.69, 9.17) is 0 Å². The number of benzene rings is 1. The molecule has 24 heavy (non-hydrogen) atoms. The number of aryl methyl sites for hydroxylation is 2. The van der Waals surface area contributed by atoms with Gasteiger partial charge in [0.1, 0.15) is 10.6 Å². The first-order chi connectivity index (χ1) is 11.6. The third kappa shape index (κ3) is 3.72. The molecule has 1 amide bonds. The fraction of sp³-hybridized carbons (Fsp3) is 0.412. The van der Waals surface area contributed by atoms with Crippen LogP contribution in [0.25, 0.3) is 0 Å². The van der Waals surface area contributed by atoms with Crippen LogP contribution in [0.15, 0.2) is 24.4 Å². The van der Waals surface area contributed by atoms with Gasteiger partial charge in [0.05, 0.1) is 17.2 Å². The van der Waals surface area contributed by atoms with Gasteiger partial charge in [0.2, 0.25) is 0 Å². The van der Waals surface area contributed by atoms with E-state index in [1.54, 1.807) is 18.3 Å². The first-order valence-corrected chi connectivity index (χ1v) is 8.71. The summed E-state index contributed by atoms with van der Waals surface area (Å²) in [6.07, 6.45) is 4.91. The lowest BCUT2D eigenvalue weighted by Gasteiger charge is -2.26. The maximum absolute atomic E-state index is 12.4. The molecule has 1 aliphatic carbocycles. The number of ether oxygens (including phenoxy) is 1. The molecule has 1 aromatic carbocycles. The number of thiazole rings is 1. The topological polar surface area (TPSA) is 51.2 Å². The zero-order valence-corrected chi connectivity index (χ0v) is 14.0. The van der Waals surface area contributed by atoms with E-state index in [-0.39, 0.29) is 17.7 Å². The summed E-state index contributed by atoms with van der Waals surface area (Å²) >= 11 is 1.39. The predicted octanol–water partition coefficient (Wildman–Crippen LogP) is 4.11. The molecule has 0 bridgehead atoms. The van der Waals surface area contributed by atoms with Gasteiger partial charge < -0.3 is 10.1 Å². The number of carbonyl (C=O) groups is 1. The number of hydrogen-bond acceptors (Lipinski definition) is 4. The van der Waals surface area contributed by atoms with Gasteiger partial charge in [-0.2, -0.15) is 8.78 Å². The minimum Gasteiger partial charge on any atom is -0.435 e. The van der Waals surface area contributed by atoms with Crippen LogP contribution in [0, 0.1) is 0 Å². The molecule has 128 valence electrons. The van der Waals surface area contributed by atoms with Crippen LogP contribution in [0.1, 0.15) is 51.6 Å². The van der Waals surface area contributed by atoms with Crippen molar-refractivity contribution < 1.29 is 18.3 Å². The number of nitrogens with zero attached hydrogens (tertiary/aromatic N) is 1. The summed E-state index contributed by atoms with van der Waals surface area (Å²) < 4.78 is 29.1. The van der Waals surface area contributed by atoms with Crippen molar-refractivity contribution in [3.8, 4) is 5.75 Å². The minimum atomic E-state index is -2.83. The molecule has 1 aromatic heterocycles. The fourth-order valence-electron chi connectivity index (χ4n) is 2.92. The first-order valence-electron chi connectivity index (χ1n) is 7.90. The second-order valence-electron chi connectivity index (χ2n) is 5.63. The Morgan fingerprint density at radius 2 is 2.33 bits per heavy atom. The van der Waals surface area contributed by atoms with Crippen molar-refractivity contribution in [3.63, 3.8) is 0 Å². The molecule has 0 radical (unpaired) electrons. The standard InChI is InChI=1S/C17H18F2N2O2S/c1-2-15-20-9-14(24-15)16(22)21-13-5-3-4-10-8-11(23-17(18)19)6-7-12(10)13/h6-9,13,17H,2-5H2,1H3,(H,21,22)/t13-/m0/s1. The van der Waals surface area contributed by atoms with Crippen molar-refractivity contribution in [2.24, 2.45) is 0 Å². The van der Waals surface area contributed by atoms with Gasteiger partial charge in [0, 0.05) is 0 Å². The summed E-state index contributed by atoms with van der Waals surface area (Å²) in [4.78, 5) is 17.2. The molecule has 0 unspecified atom stereocenters. The summed E-state index contributed by atoms with van der Waals surface area (Å²) in [6.45, 7) is -0.835. The quantitative estimate of drug-likeness (QED) is 0.881. The zero-order chi connectivity index (χ0) is 17.1. The molecule has 0 spiro atoms. The monoisotopic (exact) mass is 352 g/mol. The first kappa shape index (κ1) is 16.8. The molecule has 1 N–H and O–H groups in total. The van der Waals surface area contributed by atoms with E-state index in [1.165, 1.54) is 17.4 Å². The molecule has 1 aliphatic rings. The number of amides is 1. The number of hydrogen-bond donors (Lipinski definition) is 1. The molecular formula is C17H18F2N2O2S. The molecule has 0 fully saturated rings. The van der Waals surface area contributed by atoms with Crippen molar-refractivity contribution in [2.45, 2.75) is 45.3 Å². The molecule has 1 atom stereocenters. The van der Waals surface area contributed by atoms with Gasteiger partial charge >= 0.3 is 6.61 Å². The van der Waals surface area contributed by atoms with Gasteiger partial charge in [0.25, 0.3) is 5.91 Å². The number of carbonyl (C=O) groups excluding carboxylic acids is 1. The van der Waals surface area contributed by atoms with Gasteiger partial charge in [-0.3, -0.25) is 4.79 Å². The highest BCUT2D eigenvalue weighted by atomic mass is 32.1. The van der Waals surface area contributed by atoms with Crippen LogP contribution in [0.3, 0.4) is 0 Å². The van der Waals surface area contributed by atoms with E-state index in [0.717, 1.165) is 41.8 Å². The second kappa shape index (κ2) is 7.25. The molecule has 1 heterocycles. The summed E-state index contributed by atoms with van der Waals surface area (Å²) in [5.74, 6) is 0.0173. The molecule has 7 heteroatoms. The normalized spacial score (nSPS) is 16.8. The van der Waals surface area contributed by atoms with Crippen LogP contribution in [-0.4, -0.2) is 17.5 Å². The Balaban J connectivity index is 1.75. The van der Waals surface area contributed by atoms with Crippen molar-refractivity contribution in [2.75, 3.05) is 0 Å². The molecule has 4 nitrogen and oxygen atoms in total. The van der Waals surface area contributed by atoms with Crippen molar-refractivity contribution in [1.29, 1.82) is 0 Å². The Morgan fingerprint density at radius 3 is 3.04 bits per heavy atom. The lowest BCUT2D eigenvalue weighted by molar-refractivity contribution is -0.0499. The van der Waals surface area contributed by atoms with E-state index in [1.807, 2.05) is 6.92 Å². The van der Waals surface area contributed by atoms with Crippen LogP contribution in [0.4, 0.5) is 8.78 Å². The zero-order valence-electron chi connectivity index (χ0n) is 13.2. The molecule has 0 saturated heterocycles. The molecule has 3 rings (SSSR count). The minimum absolute atomic E-state index is 0.117. The molecule has 0 aliphatic heterocycles. The van der Waals surface area contributed by atoms with E-state index in [2.05, 4.69) is 15.0 Å². The number of aromatic nitrogens is 1. The average molecular weight is 352 g/mol. The number of rotatable bonds is 5. The Hall–Kier alpha value is -2.02. The number of fused-ring (bicyclic) bond motifs is 1. The van der Waals surface area contributed by atoms with Gasteiger partial charge in [0.15, 0.2) is 0 Å². The highest BCUT2D eigenvalue weighted by Gasteiger charge is 2.24. The average Bonchev–Trinajstić information content (AvgIpc) is 3.03. The lowest BCUT2D eigenvalue weighted by Crippen LogP contribution is -2.30. The van der Waals surface area contributed by atoms with Crippen LogP contribution in [0.2, 0.25) is 0 Å². The number of alkyl halides is 2. The van der Waals surface area contributed by atoms with E-state index in [0.29, 0.717) is 4.88 Å². The van der Waals surface area contributed by atoms with Crippen LogP contribution < -0.4 is 10.1 Å². The van der Waals surface area contributed by atoms with Gasteiger partial charge in [-0.25, -0.2) is 4.98 Å². The van der Waals surface area contributed by atoms with E-state index >= 15 is 0 Å². The molecule has 0 saturated carbocycles. The largest absolute Gasteiger partial charge is 0.435 e. The molecule has 2 aromatic rings. The SMILES string of the molecule is CCc1ncc(C(=O)N[C@H]2CCCc3cc(OC(F)F)ccc32)s1. The van der Waals surface area contributed by atoms with Gasteiger partial charge in [-0.1, -0.05) is 13.0 Å². The van der Waals surface area contributed by atoms with E-state index < -0.39 is 6.61 Å². The Bertz CT molecular complexity index is 733. The summed E-state index contributed by atoms with van der Waals surface area (Å²) in [7, 11) is 0. The third-order valence-electron chi connectivity index (χ3n) is 4.04. The van der Waals surface area contributed by atoms with Crippen molar-refractivity contribution >= 4 is 17.2 Å². The van der Waals surface area contributed by atoms with Crippen molar-refractivity contribution in [3.05, 3.63) is 45.4 Å². The van der Waals surface area contributed by atoms with E-state index in [9.17, 15) is 13.6 Å². The Labute approximate surface area is 142 Å². The Morgan fingerprint density at radius 1 is 1.50 bits per heavy atom. The lowest BCUT2D eigenvalue weighted by atomic mass is 9.87. The summed E-state index contributed by atoms with van der Waals surface area (Å²) in [5, 5.41) is 3.96. The van der Waals surface area contributed by atoms with Crippen LogP contribution in [-0.2, 0) is 12.8 Å². The summed E-state index contributed by atoms with van der Waals surface area (Å²) in [5.41, 5.74) is 1.92. The Kier molecular flexibility index (Phi) is 5.08. The highest BCUT2D eigenvalue weighted by molar-refractivity contribution is 7.13. The van der Waals surface area contributed by atoms with Crippen LogP contribution >= 0.6 is 11.3 Å². The smallest absolute Gasteiger partial charge is 0.387 e. The third-order valence-corrected chi connectivity index (χ3v) is 5.18. The number of nitrogens with one attached hydrogen (secondary N) is 1. The maximum atomic E-state index is 12.4. The predicted molar refractivity (Wildman–Crippen MR) is 87.7 cm³/mol. The van der Waals surface area contributed by atoms with Crippen molar-refractivity contribution in [1.82, 2.24) is 10.3 Å². The fourth-order valence-corrected chi connectivity index (χ4v) is 3.69. The highest BCUT2D eigenvalue weighted by Crippen LogP contribution is 2.33. The second-order valence-corrected chi connectivity index (χ2v) is 6.74. The molecular weight excluding hydrogens is 334 g/mol. The number of halogens is 2. The maximum Gasteiger partial charge on any atom is 0.387 e. The van der Waals surface area contributed by atoms with Crippen LogP contribution in [0.5, 0.6) is 5.75 Å². The summed E-state index contributed by atoms with van der Waals surface area (Å²) in [6, 6.07) is 4.81. The van der Waals surface area contributed by atoms with Gasteiger partial charge in [-0.05, 0) is 48.9 Å².